The van der Waals surface area contributed by atoms with Crippen molar-refractivity contribution in [3.8, 4) is 5.88 Å². The van der Waals surface area contributed by atoms with Crippen LogP contribution in [-0.4, -0.2) is 89.2 Å². The van der Waals surface area contributed by atoms with Gasteiger partial charge in [0, 0.05) is 25.2 Å². The van der Waals surface area contributed by atoms with Crippen LogP contribution in [0.3, 0.4) is 0 Å². The van der Waals surface area contributed by atoms with Gasteiger partial charge in [0.25, 0.3) is 5.88 Å². The molecule has 1 fully saturated rings. The molecule has 0 amide bonds. The predicted octanol–water partition coefficient (Wildman–Crippen LogP) is 2.65. The van der Waals surface area contributed by atoms with Crippen LogP contribution in [0.15, 0.2) is 0 Å². The first kappa shape index (κ1) is 29.6. The molecule has 2 heterocycles. The molecule has 0 spiro atoms. The summed E-state index contributed by atoms with van der Waals surface area (Å²) in [5, 5.41) is 3.44. The van der Waals surface area contributed by atoms with Crippen LogP contribution in [0.4, 0.5) is 5.82 Å². The zero-order valence-electron chi connectivity index (χ0n) is 22.4. The molecule has 2 rings (SSSR count). The van der Waals surface area contributed by atoms with Gasteiger partial charge in [0.15, 0.2) is 11.6 Å². The Bertz CT molecular complexity index is 823. The third-order valence-corrected chi connectivity index (χ3v) is 6.49. The molecule has 1 aromatic rings. The zero-order valence-corrected chi connectivity index (χ0v) is 23.2. The van der Waals surface area contributed by atoms with E-state index in [9.17, 15) is 9.59 Å². The van der Waals surface area contributed by atoms with Gasteiger partial charge in [-0.05, 0) is 54.9 Å². The van der Waals surface area contributed by atoms with E-state index in [1.54, 1.807) is 20.8 Å². The number of ether oxygens (including phenoxy) is 4. The maximum absolute atomic E-state index is 13.3. The summed E-state index contributed by atoms with van der Waals surface area (Å²) in [5.74, 6) is 0.823. The Kier molecular flexibility index (Phi) is 11.0. The minimum atomic E-state index is -1.11. The van der Waals surface area contributed by atoms with Gasteiger partial charge >= 0.3 is 0 Å². The molecule has 0 aliphatic carbocycles. The van der Waals surface area contributed by atoms with Gasteiger partial charge in [0.1, 0.15) is 30.5 Å². The second kappa shape index (κ2) is 13.0. The summed E-state index contributed by atoms with van der Waals surface area (Å²) in [5.41, 5.74) is -1.26. The first-order valence-electron chi connectivity index (χ1n) is 12.3. The summed E-state index contributed by atoms with van der Waals surface area (Å²) < 4.78 is 32.3. The molecule has 1 aromatic heterocycles. The van der Waals surface area contributed by atoms with Crippen molar-refractivity contribution in [1.82, 2.24) is 14.1 Å². The lowest BCUT2D eigenvalue weighted by Gasteiger charge is -2.35. The predicted molar refractivity (Wildman–Crippen MR) is 135 cm³/mol. The Morgan fingerprint density at radius 1 is 1.14 bits per heavy atom. The average molecular weight is 515 g/mol. The monoisotopic (exact) mass is 514 g/mol. The van der Waals surface area contributed by atoms with Gasteiger partial charge in [-0.25, -0.2) is 0 Å². The van der Waals surface area contributed by atoms with Gasteiger partial charge in [-0.15, -0.1) is 4.37 Å². The van der Waals surface area contributed by atoms with Crippen molar-refractivity contribution in [1.29, 1.82) is 0 Å². The van der Waals surface area contributed by atoms with Crippen LogP contribution in [0, 0.1) is 0 Å². The number of hydrogen-bond donors (Lipinski definition) is 1. The highest BCUT2D eigenvalue weighted by atomic mass is 32.1. The van der Waals surface area contributed by atoms with Gasteiger partial charge in [0.2, 0.25) is 5.82 Å². The summed E-state index contributed by atoms with van der Waals surface area (Å²) in [6, 6.07) is 0. The number of carbonyl (C=O) groups excluding carboxylic acids is 2. The highest BCUT2D eigenvalue weighted by molar-refractivity contribution is 6.99. The fourth-order valence-corrected chi connectivity index (χ4v) is 4.06. The van der Waals surface area contributed by atoms with Gasteiger partial charge in [0.05, 0.1) is 24.9 Å². The summed E-state index contributed by atoms with van der Waals surface area (Å²) in [6.45, 7) is 18.0. The Labute approximate surface area is 213 Å². The number of anilines is 1. The summed E-state index contributed by atoms with van der Waals surface area (Å²) >= 11 is 1.10. The molecule has 1 N–H and O–H groups in total. The van der Waals surface area contributed by atoms with Crippen LogP contribution < -0.4 is 15.0 Å². The molecule has 0 saturated carbocycles. The number of nitrogens with one attached hydrogen (secondary N) is 1. The molecule has 0 radical (unpaired) electrons. The van der Waals surface area contributed by atoms with Crippen LogP contribution in [0.1, 0.15) is 61.8 Å². The van der Waals surface area contributed by atoms with E-state index in [4.69, 9.17) is 18.9 Å². The summed E-state index contributed by atoms with van der Waals surface area (Å²) in [4.78, 5) is 27.0. The van der Waals surface area contributed by atoms with E-state index in [0.717, 1.165) is 24.8 Å². The van der Waals surface area contributed by atoms with Crippen molar-refractivity contribution < 1.29 is 28.5 Å². The highest BCUT2D eigenvalue weighted by Crippen LogP contribution is 2.28. The lowest BCUT2D eigenvalue weighted by molar-refractivity contribution is -0.167. The summed E-state index contributed by atoms with van der Waals surface area (Å²) in [7, 11) is 0. The topological polar surface area (TPSA) is 112 Å². The highest BCUT2D eigenvalue weighted by Gasteiger charge is 2.39. The van der Waals surface area contributed by atoms with E-state index in [-0.39, 0.29) is 23.7 Å². The van der Waals surface area contributed by atoms with Gasteiger partial charge in [-0.3, -0.25) is 9.59 Å². The first-order chi connectivity index (χ1) is 16.4. The standard InChI is InChI=1S/C24H42N4O6S/c1-9-24(8,20(30)18(4)33-17(3)16(2)29)34-19(14-25-23(5,6)7)15-32-22-21(26-35-27-22)28-10-12-31-13-11-28/h17-19,25H,9-15H2,1-8H3/t17?,18-,19-,24?/m0/s1. The molecule has 200 valence electrons. The number of morpholine rings is 1. The molecule has 0 aromatic carbocycles. The minimum absolute atomic E-state index is 0.127. The van der Waals surface area contributed by atoms with Crippen molar-refractivity contribution in [3.63, 3.8) is 0 Å². The Hall–Kier alpha value is -1.66. The number of hydrogen-bond acceptors (Lipinski definition) is 11. The van der Waals surface area contributed by atoms with E-state index in [1.165, 1.54) is 6.92 Å². The largest absolute Gasteiger partial charge is 0.472 e. The summed E-state index contributed by atoms with van der Waals surface area (Å²) in [6.07, 6.45) is -1.45. The van der Waals surface area contributed by atoms with Crippen molar-refractivity contribution in [2.24, 2.45) is 0 Å². The number of nitrogens with zero attached hydrogens (tertiary/aromatic N) is 3. The minimum Gasteiger partial charge on any atom is -0.472 e. The van der Waals surface area contributed by atoms with Crippen molar-refractivity contribution in [2.75, 3.05) is 44.4 Å². The van der Waals surface area contributed by atoms with Crippen molar-refractivity contribution in [3.05, 3.63) is 0 Å². The van der Waals surface area contributed by atoms with E-state index in [2.05, 4.69) is 39.7 Å². The molecule has 10 nitrogen and oxygen atoms in total. The van der Waals surface area contributed by atoms with E-state index >= 15 is 0 Å². The van der Waals surface area contributed by atoms with Gasteiger partial charge < -0.3 is 29.2 Å². The van der Waals surface area contributed by atoms with Crippen LogP contribution in [-0.2, 0) is 23.8 Å². The number of aromatic nitrogens is 2. The molecule has 1 aliphatic heterocycles. The van der Waals surface area contributed by atoms with Crippen LogP contribution >= 0.6 is 11.7 Å². The molecular weight excluding hydrogens is 472 g/mol. The second-order valence-corrected chi connectivity index (χ2v) is 10.7. The number of ketones is 2. The number of carbonyl (C=O) groups is 2. The third-order valence-electron chi connectivity index (χ3n) is 5.99. The van der Waals surface area contributed by atoms with Gasteiger partial charge in [-0.1, -0.05) is 6.92 Å². The van der Waals surface area contributed by atoms with Crippen molar-refractivity contribution in [2.45, 2.75) is 91.3 Å². The molecule has 1 saturated heterocycles. The average Bonchev–Trinajstić information content (AvgIpc) is 3.28. The maximum Gasteiger partial charge on any atom is 0.270 e. The fraction of sp³-hybridized carbons (Fsp3) is 0.833. The van der Waals surface area contributed by atoms with Gasteiger partial charge in [-0.2, -0.15) is 4.37 Å². The maximum atomic E-state index is 13.3. The molecule has 35 heavy (non-hydrogen) atoms. The molecular formula is C24H42N4O6S. The second-order valence-electron chi connectivity index (χ2n) is 10.2. The van der Waals surface area contributed by atoms with E-state index < -0.39 is 23.9 Å². The van der Waals surface area contributed by atoms with Crippen LogP contribution in [0.25, 0.3) is 0 Å². The first-order valence-corrected chi connectivity index (χ1v) is 13.0. The van der Waals surface area contributed by atoms with E-state index in [0.29, 0.717) is 37.9 Å². The molecule has 0 bridgehead atoms. The Morgan fingerprint density at radius 3 is 2.37 bits per heavy atom. The molecule has 2 unspecified atom stereocenters. The molecule has 1 aliphatic rings. The molecule has 11 heteroatoms. The lowest BCUT2D eigenvalue weighted by atomic mass is 9.93. The fourth-order valence-electron chi connectivity index (χ4n) is 3.54. The zero-order chi connectivity index (χ0) is 26.2. The van der Waals surface area contributed by atoms with Crippen molar-refractivity contribution >= 4 is 29.1 Å². The third kappa shape index (κ3) is 9.05. The quantitative estimate of drug-likeness (QED) is 0.398. The molecule has 4 atom stereocenters. The normalized spacial score (nSPS) is 19.0. The van der Waals surface area contributed by atoms with Crippen LogP contribution in [0.5, 0.6) is 5.88 Å². The smallest absolute Gasteiger partial charge is 0.270 e. The number of rotatable bonds is 14. The van der Waals surface area contributed by atoms with Crippen LogP contribution in [0.2, 0.25) is 0 Å². The van der Waals surface area contributed by atoms with E-state index in [1.807, 2.05) is 6.92 Å². The Morgan fingerprint density at radius 2 is 1.80 bits per heavy atom. The SMILES string of the molecule is CCC(C)(O[C@@H](CNC(C)(C)C)COc1nsnc1N1CCOCC1)C(=O)[C@H](C)OC(C)C(C)=O. The lowest BCUT2D eigenvalue weighted by Crippen LogP contribution is -2.52. The Balaban J connectivity index is 2.13. The number of Topliss-reactive ketones (excluding diaryl/α,β-unsaturated/α-hetero) is 2.